The van der Waals surface area contributed by atoms with Gasteiger partial charge in [0.25, 0.3) is 0 Å². The summed E-state index contributed by atoms with van der Waals surface area (Å²) in [5, 5.41) is 3.48. The summed E-state index contributed by atoms with van der Waals surface area (Å²) < 4.78 is 0. The van der Waals surface area contributed by atoms with E-state index in [1.165, 1.54) is 28.0 Å². The molecule has 0 amide bonds. The largest absolute Gasteiger partial charge is 0.313 e. The van der Waals surface area contributed by atoms with Gasteiger partial charge in [0.15, 0.2) is 0 Å². The minimum Gasteiger partial charge on any atom is -0.313 e. The highest BCUT2D eigenvalue weighted by Crippen LogP contribution is 2.28. The van der Waals surface area contributed by atoms with Crippen molar-refractivity contribution in [3.05, 3.63) is 34.4 Å². The second-order valence-electron chi connectivity index (χ2n) is 4.99. The molecule has 96 valence electrons. The Morgan fingerprint density at radius 2 is 1.71 bits per heavy atom. The van der Waals surface area contributed by atoms with Crippen LogP contribution in [0.1, 0.15) is 35.2 Å². The molecular formula is C15H25NS. The minimum atomic E-state index is 0.460. The quantitative estimate of drug-likeness (QED) is 0.852. The lowest BCUT2D eigenvalue weighted by Crippen LogP contribution is -2.25. The number of aryl methyl sites for hydroxylation is 3. The Morgan fingerprint density at radius 1 is 1.12 bits per heavy atom. The molecule has 0 saturated heterocycles. The van der Waals surface area contributed by atoms with Crippen molar-refractivity contribution in [2.24, 2.45) is 5.92 Å². The van der Waals surface area contributed by atoms with Crippen LogP contribution in [0.2, 0.25) is 0 Å². The molecule has 0 aliphatic rings. The van der Waals surface area contributed by atoms with Crippen molar-refractivity contribution in [3.8, 4) is 0 Å². The molecule has 1 aromatic carbocycles. The zero-order chi connectivity index (χ0) is 13.0. The van der Waals surface area contributed by atoms with Crippen LogP contribution >= 0.6 is 11.8 Å². The summed E-state index contributed by atoms with van der Waals surface area (Å²) in [5.41, 5.74) is 5.64. The molecule has 0 saturated carbocycles. The highest BCUT2D eigenvalue weighted by Gasteiger charge is 2.19. The van der Waals surface area contributed by atoms with Crippen LogP contribution in [0.25, 0.3) is 0 Å². The molecule has 0 bridgehead atoms. The molecule has 0 heterocycles. The van der Waals surface area contributed by atoms with E-state index in [0.717, 1.165) is 0 Å². The molecule has 0 aliphatic carbocycles. The first kappa shape index (κ1) is 14.6. The van der Waals surface area contributed by atoms with Crippen LogP contribution in [-0.4, -0.2) is 19.1 Å². The van der Waals surface area contributed by atoms with E-state index < -0.39 is 0 Å². The lowest BCUT2D eigenvalue weighted by atomic mass is 9.90. The summed E-state index contributed by atoms with van der Waals surface area (Å²) in [7, 11) is 2.07. The van der Waals surface area contributed by atoms with Crippen molar-refractivity contribution in [2.45, 2.75) is 33.7 Å². The van der Waals surface area contributed by atoms with Crippen molar-refractivity contribution in [3.63, 3.8) is 0 Å². The Bertz CT molecular complexity index is 373. The SMILES string of the molecule is CNC(c1cc(C)c(C)cc1C)C(C)CSC. The summed E-state index contributed by atoms with van der Waals surface area (Å²) in [4.78, 5) is 0. The van der Waals surface area contributed by atoms with Gasteiger partial charge in [0, 0.05) is 6.04 Å². The predicted octanol–water partition coefficient (Wildman–Crippen LogP) is 3.87. The predicted molar refractivity (Wildman–Crippen MR) is 80.0 cm³/mol. The van der Waals surface area contributed by atoms with Gasteiger partial charge in [0.1, 0.15) is 0 Å². The highest BCUT2D eigenvalue weighted by molar-refractivity contribution is 7.98. The molecule has 1 aromatic rings. The zero-order valence-corrected chi connectivity index (χ0v) is 12.7. The van der Waals surface area contributed by atoms with Crippen LogP contribution in [0, 0.1) is 26.7 Å². The molecule has 2 unspecified atom stereocenters. The fraction of sp³-hybridized carbons (Fsp3) is 0.600. The number of benzene rings is 1. The minimum absolute atomic E-state index is 0.460. The molecular weight excluding hydrogens is 226 g/mol. The molecule has 2 heteroatoms. The standard InChI is InChI=1S/C15H25NS/c1-10-7-12(3)14(8-11(10)2)15(16-5)13(4)9-17-6/h7-8,13,15-16H,9H2,1-6H3. The Hall–Kier alpha value is -0.470. The van der Waals surface area contributed by atoms with E-state index in [4.69, 9.17) is 0 Å². The summed E-state index contributed by atoms with van der Waals surface area (Å²) in [6.07, 6.45) is 2.18. The summed E-state index contributed by atoms with van der Waals surface area (Å²) in [6, 6.07) is 5.12. The van der Waals surface area contributed by atoms with E-state index >= 15 is 0 Å². The van der Waals surface area contributed by atoms with E-state index in [0.29, 0.717) is 12.0 Å². The molecule has 0 aliphatic heterocycles. The van der Waals surface area contributed by atoms with Crippen LogP contribution in [0.3, 0.4) is 0 Å². The monoisotopic (exact) mass is 251 g/mol. The van der Waals surface area contributed by atoms with Crippen LogP contribution in [0.4, 0.5) is 0 Å². The summed E-state index contributed by atoms with van der Waals surface area (Å²) in [6.45, 7) is 8.93. The van der Waals surface area contributed by atoms with E-state index in [1.807, 2.05) is 11.8 Å². The number of rotatable bonds is 5. The third-order valence-electron chi connectivity index (χ3n) is 3.53. The third-order valence-corrected chi connectivity index (χ3v) is 4.39. The Balaban J connectivity index is 3.07. The molecule has 17 heavy (non-hydrogen) atoms. The first-order chi connectivity index (χ1) is 8.01. The average Bonchev–Trinajstić information content (AvgIpc) is 2.26. The van der Waals surface area contributed by atoms with Crippen molar-refractivity contribution >= 4 is 11.8 Å². The number of hydrogen-bond donors (Lipinski definition) is 1. The molecule has 1 N–H and O–H groups in total. The van der Waals surface area contributed by atoms with E-state index in [-0.39, 0.29) is 0 Å². The average molecular weight is 251 g/mol. The maximum absolute atomic E-state index is 3.48. The topological polar surface area (TPSA) is 12.0 Å². The van der Waals surface area contributed by atoms with Crippen molar-refractivity contribution in [1.29, 1.82) is 0 Å². The van der Waals surface area contributed by atoms with Crippen molar-refractivity contribution in [2.75, 3.05) is 19.1 Å². The molecule has 1 nitrogen and oxygen atoms in total. The van der Waals surface area contributed by atoms with Gasteiger partial charge in [-0.15, -0.1) is 0 Å². The van der Waals surface area contributed by atoms with Gasteiger partial charge < -0.3 is 5.32 Å². The van der Waals surface area contributed by atoms with Crippen LogP contribution in [-0.2, 0) is 0 Å². The molecule has 0 aromatic heterocycles. The van der Waals surface area contributed by atoms with Gasteiger partial charge in [-0.3, -0.25) is 0 Å². The van der Waals surface area contributed by atoms with Gasteiger partial charge in [-0.2, -0.15) is 11.8 Å². The van der Waals surface area contributed by atoms with Crippen LogP contribution in [0.15, 0.2) is 12.1 Å². The van der Waals surface area contributed by atoms with Gasteiger partial charge in [0.05, 0.1) is 0 Å². The first-order valence-corrected chi connectivity index (χ1v) is 7.64. The van der Waals surface area contributed by atoms with Gasteiger partial charge in [0.2, 0.25) is 0 Å². The fourth-order valence-corrected chi connectivity index (χ4v) is 3.14. The third kappa shape index (κ3) is 3.49. The lowest BCUT2D eigenvalue weighted by molar-refractivity contribution is 0.447. The number of nitrogens with one attached hydrogen (secondary N) is 1. The summed E-state index contributed by atoms with van der Waals surface area (Å²) >= 11 is 1.92. The Labute approximate surface area is 110 Å². The maximum atomic E-state index is 3.48. The van der Waals surface area contributed by atoms with Crippen LogP contribution < -0.4 is 5.32 Å². The van der Waals surface area contributed by atoms with Gasteiger partial charge in [-0.25, -0.2) is 0 Å². The zero-order valence-electron chi connectivity index (χ0n) is 11.9. The molecule has 0 spiro atoms. The second-order valence-corrected chi connectivity index (χ2v) is 5.90. The van der Waals surface area contributed by atoms with Gasteiger partial charge in [-0.1, -0.05) is 19.1 Å². The Morgan fingerprint density at radius 3 is 2.24 bits per heavy atom. The number of thioether (sulfide) groups is 1. The van der Waals surface area contributed by atoms with Crippen molar-refractivity contribution in [1.82, 2.24) is 5.32 Å². The second kappa shape index (κ2) is 6.46. The van der Waals surface area contributed by atoms with E-state index in [2.05, 4.69) is 58.4 Å². The smallest absolute Gasteiger partial charge is 0.0354 e. The fourth-order valence-electron chi connectivity index (χ4n) is 2.42. The molecule has 0 fully saturated rings. The number of hydrogen-bond acceptors (Lipinski definition) is 2. The van der Waals surface area contributed by atoms with Crippen molar-refractivity contribution < 1.29 is 0 Å². The molecule has 1 rings (SSSR count). The summed E-state index contributed by atoms with van der Waals surface area (Å²) in [5.74, 6) is 1.84. The van der Waals surface area contributed by atoms with Gasteiger partial charge >= 0.3 is 0 Å². The molecule has 0 radical (unpaired) electrons. The highest BCUT2D eigenvalue weighted by atomic mass is 32.2. The Kier molecular flexibility index (Phi) is 5.54. The lowest BCUT2D eigenvalue weighted by Gasteiger charge is -2.26. The van der Waals surface area contributed by atoms with Crippen LogP contribution in [0.5, 0.6) is 0 Å². The van der Waals surface area contributed by atoms with Gasteiger partial charge in [-0.05, 0) is 68.0 Å². The maximum Gasteiger partial charge on any atom is 0.0354 e. The van der Waals surface area contributed by atoms with E-state index in [1.54, 1.807) is 0 Å². The van der Waals surface area contributed by atoms with E-state index in [9.17, 15) is 0 Å². The molecule has 2 atom stereocenters. The first-order valence-electron chi connectivity index (χ1n) is 6.25. The normalized spacial score (nSPS) is 14.7.